The molecule has 1 saturated carbocycles. The van der Waals surface area contributed by atoms with Gasteiger partial charge in [-0.3, -0.25) is 0 Å². The number of methoxy groups -OCH3 is 2. The van der Waals surface area contributed by atoms with E-state index in [1.165, 1.54) is 33.1 Å². The van der Waals surface area contributed by atoms with Crippen molar-refractivity contribution in [2.24, 2.45) is 5.92 Å². The van der Waals surface area contributed by atoms with Crippen molar-refractivity contribution in [2.45, 2.75) is 17.7 Å². The Kier molecular flexibility index (Phi) is 4.79. The summed E-state index contributed by atoms with van der Waals surface area (Å²) in [5.74, 6) is 1.69. The normalized spacial score (nSPS) is 20.4. The van der Waals surface area contributed by atoms with Gasteiger partial charge in [0.15, 0.2) is 0 Å². The van der Waals surface area contributed by atoms with Crippen LogP contribution in [0.25, 0.3) is 0 Å². The van der Waals surface area contributed by atoms with Crippen LogP contribution in [0.2, 0.25) is 0 Å². The van der Waals surface area contributed by atoms with Gasteiger partial charge in [0.1, 0.15) is 16.4 Å². The molecule has 1 aromatic rings. The highest BCUT2D eigenvalue weighted by Crippen LogP contribution is 2.32. The van der Waals surface area contributed by atoms with E-state index in [4.69, 9.17) is 9.47 Å². The standard InChI is InChI=1S/C16H24N2O4S/c1-21-14-5-6-15(22-2)16(11-14)23(19,20)18-9-7-17(8-10-18)12-13-3-4-13/h5-6,11,13H,3-4,7-10,12H2,1-2H3. The van der Waals surface area contributed by atoms with Crippen LogP contribution in [0.5, 0.6) is 11.5 Å². The number of ether oxygens (including phenoxy) is 2. The molecule has 6 nitrogen and oxygen atoms in total. The molecule has 23 heavy (non-hydrogen) atoms. The van der Waals surface area contributed by atoms with Crippen LogP contribution in [0.4, 0.5) is 0 Å². The number of nitrogens with zero attached hydrogens (tertiary/aromatic N) is 2. The quantitative estimate of drug-likeness (QED) is 0.784. The first-order valence-corrected chi connectivity index (χ1v) is 9.43. The summed E-state index contributed by atoms with van der Waals surface area (Å²) in [6.45, 7) is 3.74. The van der Waals surface area contributed by atoms with E-state index in [0.717, 1.165) is 25.6 Å². The lowest BCUT2D eigenvalue weighted by Crippen LogP contribution is -2.49. The van der Waals surface area contributed by atoms with E-state index in [2.05, 4.69) is 4.90 Å². The Morgan fingerprint density at radius 2 is 1.78 bits per heavy atom. The minimum absolute atomic E-state index is 0.176. The van der Waals surface area contributed by atoms with Crippen molar-refractivity contribution in [3.63, 3.8) is 0 Å². The lowest BCUT2D eigenvalue weighted by Gasteiger charge is -2.34. The predicted molar refractivity (Wildman–Crippen MR) is 87.5 cm³/mol. The average molecular weight is 340 g/mol. The molecule has 0 amide bonds. The van der Waals surface area contributed by atoms with Gasteiger partial charge in [-0.25, -0.2) is 8.42 Å². The number of sulfonamides is 1. The summed E-state index contributed by atoms with van der Waals surface area (Å²) >= 11 is 0. The summed E-state index contributed by atoms with van der Waals surface area (Å²) < 4.78 is 37.8. The van der Waals surface area contributed by atoms with Crippen molar-refractivity contribution < 1.29 is 17.9 Å². The lowest BCUT2D eigenvalue weighted by atomic mass is 10.3. The van der Waals surface area contributed by atoms with Gasteiger partial charge >= 0.3 is 0 Å². The molecule has 0 bridgehead atoms. The summed E-state index contributed by atoms with van der Waals surface area (Å²) in [5, 5.41) is 0. The number of benzene rings is 1. The first-order chi connectivity index (χ1) is 11.0. The summed E-state index contributed by atoms with van der Waals surface area (Å²) in [7, 11) is -0.569. The van der Waals surface area contributed by atoms with Gasteiger partial charge in [0, 0.05) is 38.8 Å². The SMILES string of the molecule is COc1ccc(OC)c(S(=O)(=O)N2CCN(CC3CC3)CC2)c1. The molecule has 1 aliphatic carbocycles. The molecule has 7 heteroatoms. The van der Waals surface area contributed by atoms with Gasteiger partial charge in [-0.15, -0.1) is 0 Å². The van der Waals surface area contributed by atoms with Crippen molar-refractivity contribution in [1.29, 1.82) is 0 Å². The molecule has 0 spiro atoms. The first kappa shape index (κ1) is 16.5. The Labute approximate surface area is 138 Å². The molecule has 3 rings (SSSR count). The summed E-state index contributed by atoms with van der Waals surface area (Å²) in [4.78, 5) is 2.54. The fourth-order valence-corrected chi connectivity index (χ4v) is 4.54. The third kappa shape index (κ3) is 3.62. The smallest absolute Gasteiger partial charge is 0.246 e. The summed E-state index contributed by atoms with van der Waals surface area (Å²) in [6, 6.07) is 4.87. The molecule has 0 radical (unpaired) electrons. The van der Waals surface area contributed by atoms with Gasteiger partial charge in [0.05, 0.1) is 14.2 Å². The number of hydrogen-bond donors (Lipinski definition) is 0. The molecule has 0 N–H and O–H groups in total. The molecule has 2 aliphatic rings. The maximum atomic E-state index is 12.9. The highest BCUT2D eigenvalue weighted by atomic mass is 32.2. The van der Waals surface area contributed by atoms with Crippen LogP contribution < -0.4 is 9.47 Å². The van der Waals surface area contributed by atoms with Gasteiger partial charge in [-0.2, -0.15) is 4.31 Å². The van der Waals surface area contributed by atoms with Crippen molar-refractivity contribution in [1.82, 2.24) is 9.21 Å². The van der Waals surface area contributed by atoms with Gasteiger partial charge < -0.3 is 14.4 Å². The zero-order valence-electron chi connectivity index (χ0n) is 13.7. The molecule has 2 fully saturated rings. The Morgan fingerprint density at radius 3 is 2.35 bits per heavy atom. The van der Waals surface area contributed by atoms with Crippen LogP contribution in [0, 0.1) is 5.92 Å². The van der Waals surface area contributed by atoms with Crippen LogP contribution in [0.1, 0.15) is 12.8 Å². The highest BCUT2D eigenvalue weighted by molar-refractivity contribution is 7.89. The average Bonchev–Trinajstić information content (AvgIpc) is 3.38. The Hall–Kier alpha value is -1.31. The van der Waals surface area contributed by atoms with E-state index in [1.54, 1.807) is 16.4 Å². The minimum Gasteiger partial charge on any atom is -0.497 e. The van der Waals surface area contributed by atoms with E-state index >= 15 is 0 Å². The van der Waals surface area contributed by atoms with E-state index in [9.17, 15) is 8.42 Å². The van der Waals surface area contributed by atoms with E-state index in [0.29, 0.717) is 24.6 Å². The van der Waals surface area contributed by atoms with Crippen LogP contribution in [-0.2, 0) is 10.0 Å². The Morgan fingerprint density at radius 1 is 1.09 bits per heavy atom. The van der Waals surface area contributed by atoms with Crippen molar-refractivity contribution in [2.75, 3.05) is 46.9 Å². The Bertz CT molecular complexity index is 650. The fraction of sp³-hybridized carbons (Fsp3) is 0.625. The Balaban J connectivity index is 1.76. The first-order valence-electron chi connectivity index (χ1n) is 7.99. The van der Waals surface area contributed by atoms with Gasteiger partial charge in [-0.1, -0.05) is 0 Å². The monoisotopic (exact) mass is 340 g/mol. The summed E-state index contributed by atoms with van der Waals surface area (Å²) in [5.41, 5.74) is 0. The third-order valence-electron chi connectivity index (χ3n) is 4.53. The molecular formula is C16H24N2O4S. The van der Waals surface area contributed by atoms with Crippen molar-refractivity contribution in [3.8, 4) is 11.5 Å². The minimum atomic E-state index is -3.57. The van der Waals surface area contributed by atoms with Crippen molar-refractivity contribution >= 4 is 10.0 Å². The van der Waals surface area contributed by atoms with E-state index in [1.807, 2.05) is 0 Å². The topological polar surface area (TPSA) is 59.1 Å². The maximum absolute atomic E-state index is 12.9. The fourth-order valence-electron chi connectivity index (χ4n) is 2.94. The molecular weight excluding hydrogens is 316 g/mol. The van der Waals surface area contributed by atoms with Crippen LogP contribution in [0.3, 0.4) is 0 Å². The van der Waals surface area contributed by atoms with E-state index < -0.39 is 10.0 Å². The second-order valence-electron chi connectivity index (χ2n) is 6.16. The number of rotatable bonds is 6. The van der Waals surface area contributed by atoms with Crippen LogP contribution >= 0.6 is 0 Å². The number of hydrogen-bond acceptors (Lipinski definition) is 5. The molecule has 0 aromatic heterocycles. The predicted octanol–water partition coefficient (Wildman–Crippen LogP) is 1.42. The molecule has 0 atom stereocenters. The van der Waals surface area contributed by atoms with Crippen molar-refractivity contribution in [3.05, 3.63) is 18.2 Å². The molecule has 0 unspecified atom stereocenters. The largest absolute Gasteiger partial charge is 0.497 e. The molecule has 1 aliphatic heterocycles. The van der Waals surface area contributed by atoms with Gasteiger partial charge in [0.25, 0.3) is 0 Å². The maximum Gasteiger partial charge on any atom is 0.246 e. The molecule has 1 aromatic carbocycles. The van der Waals surface area contributed by atoms with Gasteiger partial charge in [0.2, 0.25) is 10.0 Å². The molecule has 1 heterocycles. The van der Waals surface area contributed by atoms with Crippen LogP contribution in [-0.4, -0.2) is 64.6 Å². The highest BCUT2D eigenvalue weighted by Gasteiger charge is 2.33. The summed E-state index contributed by atoms with van der Waals surface area (Å²) in [6.07, 6.45) is 2.64. The van der Waals surface area contributed by atoms with Crippen LogP contribution in [0.15, 0.2) is 23.1 Å². The second-order valence-corrected chi connectivity index (χ2v) is 8.07. The van der Waals surface area contributed by atoms with E-state index in [-0.39, 0.29) is 4.90 Å². The number of piperazine rings is 1. The molecule has 1 saturated heterocycles. The third-order valence-corrected chi connectivity index (χ3v) is 6.45. The lowest BCUT2D eigenvalue weighted by molar-refractivity contribution is 0.182. The zero-order chi connectivity index (χ0) is 16.4. The second kappa shape index (κ2) is 6.67. The molecule has 128 valence electrons. The zero-order valence-corrected chi connectivity index (χ0v) is 14.5. The van der Waals surface area contributed by atoms with Gasteiger partial charge in [-0.05, 0) is 30.9 Å².